The number of hydrogen-bond acceptors (Lipinski definition) is 5. The van der Waals surface area contributed by atoms with Crippen LogP contribution in [0.4, 0.5) is 0 Å². The Bertz CT molecular complexity index is 999. The van der Waals surface area contributed by atoms with Gasteiger partial charge in [0.15, 0.2) is 11.5 Å². The van der Waals surface area contributed by atoms with E-state index in [9.17, 15) is 4.79 Å². The van der Waals surface area contributed by atoms with Crippen molar-refractivity contribution < 1.29 is 4.74 Å². The van der Waals surface area contributed by atoms with Gasteiger partial charge >= 0.3 is 5.69 Å². The van der Waals surface area contributed by atoms with Gasteiger partial charge in [-0.1, -0.05) is 6.07 Å². The van der Waals surface area contributed by atoms with Gasteiger partial charge in [0.1, 0.15) is 5.75 Å². The zero-order chi connectivity index (χ0) is 14.4. The van der Waals surface area contributed by atoms with Crippen LogP contribution in [-0.4, -0.2) is 36.9 Å². The molecule has 0 aliphatic rings. The molecule has 0 unspecified atom stereocenters. The van der Waals surface area contributed by atoms with Gasteiger partial charge in [-0.3, -0.25) is 5.10 Å². The van der Waals surface area contributed by atoms with Gasteiger partial charge in [-0.15, -0.1) is 5.10 Å². The third-order valence-electron chi connectivity index (χ3n) is 3.27. The van der Waals surface area contributed by atoms with E-state index >= 15 is 0 Å². The molecular weight excluding hydrogens is 272 g/mol. The predicted molar refractivity (Wildman–Crippen MR) is 75.2 cm³/mol. The predicted octanol–water partition coefficient (Wildman–Crippen LogP) is 0.969. The molecule has 0 bridgehead atoms. The molecular formula is C13H10N6O2. The minimum Gasteiger partial charge on any atom is -0.495 e. The normalized spacial score (nSPS) is 11.3. The fourth-order valence-electron chi connectivity index (χ4n) is 2.30. The van der Waals surface area contributed by atoms with Gasteiger partial charge in [0, 0.05) is 11.6 Å². The molecule has 0 atom stereocenters. The van der Waals surface area contributed by atoms with E-state index in [-0.39, 0.29) is 5.69 Å². The summed E-state index contributed by atoms with van der Waals surface area (Å²) < 4.78 is 6.51. The highest BCUT2D eigenvalue weighted by Gasteiger charge is 2.14. The lowest BCUT2D eigenvalue weighted by Crippen LogP contribution is -2.17. The molecule has 0 radical (unpaired) electrons. The molecule has 0 saturated carbocycles. The minimum absolute atomic E-state index is 0.371. The summed E-state index contributed by atoms with van der Waals surface area (Å²) in [7, 11) is 1.55. The Morgan fingerprint density at radius 2 is 2.24 bits per heavy atom. The van der Waals surface area contributed by atoms with Crippen molar-refractivity contribution in [3.63, 3.8) is 0 Å². The second-order valence-corrected chi connectivity index (χ2v) is 4.47. The Morgan fingerprint density at radius 3 is 3.00 bits per heavy atom. The monoisotopic (exact) mass is 282 g/mol. The smallest absolute Gasteiger partial charge is 0.348 e. The third-order valence-corrected chi connectivity index (χ3v) is 3.27. The molecule has 0 aliphatic heterocycles. The lowest BCUT2D eigenvalue weighted by atomic mass is 10.2. The molecule has 0 aliphatic carbocycles. The molecule has 1 aromatic carbocycles. The summed E-state index contributed by atoms with van der Waals surface area (Å²) in [4.78, 5) is 19.4. The van der Waals surface area contributed by atoms with Crippen LogP contribution in [0.2, 0.25) is 0 Å². The van der Waals surface area contributed by atoms with Crippen molar-refractivity contribution in [1.29, 1.82) is 0 Å². The molecule has 8 nitrogen and oxygen atoms in total. The fourth-order valence-corrected chi connectivity index (χ4v) is 2.30. The first kappa shape index (κ1) is 11.6. The van der Waals surface area contributed by atoms with Crippen molar-refractivity contribution >= 4 is 16.6 Å². The fraction of sp³-hybridized carbons (Fsp3) is 0.0769. The van der Waals surface area contributed by atoms with E-state index in [4.69, 9.17) is 4.74 Å². The molecule has 0 fully saturated rings. The number of para-hydroxylation sites is 1. The van der Waals surface area contributed by atoms with Crippen molar-refractivity contribution in [1.82, 2.24) is 29.8 Å². The highest BCUT2D eigenvalue weighted by Crippen LogP contribution is 2.25. The SMILES string of the molecule is COc1cccc2c1[nH]c(=O)n1nc(-c3cn[nH]c3)nc21. The van der Waals surface area contributed by atoms with E-state index in [1.807, 2.05) is 12.1 Å². The summed E-state index contributed by atoms with van der Waals surface area (Å²) in [5.41, 5.74) is 1.42. The van der Waals surface area contributed by atoms with Crippen LogP contribution in [0.15, 0.2) is 35.4 Å². The highest BCUT2D eigenvalue weighted by atomic mass is 16.5. The average Bonchev–Trinajstić information content (AvgIpc) is 3.16. The van der Waals surface area contributed by atoms with Crippen molar-refractivity contribution in [2.75, 3.05) is 7.11 Å². The third kappa shape index (κ3) is 1.62. The Morgan fingerprint density at radius 1 is 1.33 bits per heavy atom. The number of aromatic nitrogens is 6. The molecule has 4 aromatic rings. The number of hydrogen-bond donors (Lipinski definition) is 2. The Balaban J connectivity index is 2.13. The summed E-state index contributed by atoms with van der Waals surface area (Å²) in [6.45, 7) is 0. The Kier molecular flexibility index (Phi) is 2.31. The molecule has 104 valence electrons. The summed E-state index contributed by atoms with van der Waals surface area (Å²) in [5.74, 6) is 1.02. The van der Waals surface area contributed by atoms with Crippen molar-refractivity contribution in [3.05, 3.63) is 41.1 Å². The van der Waals surface area contributed by atoms with E-state index in [1.54, 1.807) is 25.6 Å². The van der Waals surface area contributed by atoms with Gasteiger partial charge in [0.05, 0.1) is 24.4 Å². The summed E-state index contributed by atoms with van der Waals surface area (Å²) in [6.07, 6.45) is 3.28. The number of fused-ring (bicyclic) bond motifs is 3. The lowest BCUT2D eigenvalue weighted by Gasteiger charge is -2.04. The second-order valence-electron chi connectivity index (χ2n) is 4.47. The first-order valence-corrected chi connectivity index (χ1v) is 6.23. The van der Waals surface area contributed by atoms with Crippen molar-refractivity contribution in [3.8, 4) is 17.1 Å². The minimum atomic E-state index is -0.371. The first-order valence-electron chi connectivity index (χ1n) is 6.23. The number of nitrogens with one attached hydrogen (secondary N) is 2. The van der Waals surface area contributed by atoms with Crippen LogP contribution in [0.3, 0.4) is 0 Å². The van der Waals surface area contributed by atoms with Crippen LogP contribution in [0.5, 0.6) is 5.75 Å². The number of benzene rings is 1. The van der Waals surface area contributed by atoms with Gasteiger partial charge in [-0.2, -0.15) is 9.61 Å². The quantitative estimate of drug-likeness (QED) is 0.570. The van der Waals surface area contributed by atoms with Gasteiger partial charge < -0.3 is 9.72 Å². The molecule has 2 N–H and O–H groups in total. The molecule has 3 aromatic heterocycles. The van der Waals surface area contributed by atoms with E-state index in [0.29, 0.717) is 28.3 Å². The molecule has 0 saturated heterocycles. The molecule has 4 rings (SSSR count). The number of aromatic amines is 2. The first-order chi connectivity index (χ1) is 10.3. The molecule has 0 amide bonds. The summed E-state index contributed by atoms with van der Waals surface area (Å²) in [6, 6.07) is 5.48. The highest BCUT2D eigenvalue weighted by molar-refractivity contribution is 5.95. The van der Waals surface area contributed by atoms with Crippen LogP contribution in [0.25, 0.3) is 27.9 Å². The topological polar surface area (TPSA) is 101 Å². The maximum Gasteiger partial charge on any atom is 0.348 e. The van der Waals surface area contributed by atoms with Crippen LogP contribution in [0, 0.1) is 0 Å². The number of H-pyrrole nitrogens is 2. The maximum absolute atomic E-state index is 12.2. The van der Waals surface area contributed by atoms with Gasteiger partial charge in [-0.05, 0) is 12.1 Å². The number of rotatable bonds is 2. The van der Waals surface area contributed by atoms with Crippen LogP contribution < -0.4 is 10.4 Å². The largest absolute Gasteiger partial charge is 0.495 e. The zero-order valence-electron chi connectivity index (χ0n) is 11.0. The average molecular weight is 282 g/mol. The van der Waals surface area contributed by atoms with Gasteiger partial charge in [0.25, 0.3) is 0 Å². The standard InChI is InChI=1S/C13H10N6O2/c1-21-9-4-2-3-8-10(9)16-13(20)19-12(8)17-11(18-19)7-5-14-15-6-7/h2-6H,1H3,(H,14,15)(H,16,20). The molecule has 8 heteroatoms. The number of nitrogens with zero attached hydrogens (tertiary/aromatic N) is 4. The van der Waals surface area contributed by atoms with Crippen LogP contribution in [0.1, 0.15) is 0 Å². The molecule has 3 heterocycles. The second kappa shape index (κ2) is 4.17. The Hall–Kier alpha value is -3.16. The molecule has 21 heavy (non-hydrogen) atoms. The number of ether oxygens (including phenoxy) is 1. The van der Waals surface area contributed by atoms with Crippen molar-refractivity contribution in [2.24, 2.45) is 0 Å². The molecule has 0 spiro atoms. The number of methoxy groups -OCH3 is 1. The van der Waals surface area contributed by atoms with E-state index < -0.39 is 0 Å². The van der Waals surface area contributed by atoms with Crippen molar-refractivity contribution in [2.45, 2.75) is 0 Å². The van der Waals surface area contributed by atoms with E-state index in [1.165, 1.54) is 4.52 Å². The van der Waals surface area contributed by atoms with E-state index in [2.05, 4.69) is 25.3 Å². The van der Waals surface area contributed by atoms with Crippen LogP contribution in [-0.2, 0) is 0 Å². The van der Waals surface area contributed by atoms with Gasteiger partial charge in [-0.25, -0.2) is 9.78 Å². The Labute approximate surface area is 117 Å². The van der Waals surface area contributed by atoms with Gasteiger partial charge in [0.2, 0.25) is 0 Å². The summed E-state index contributed by atoms with van der Waals surface area (Å²) in [5, 5.41) is 11.5. The summed E-state index contributed by atoms with van der Waals surface area (Å²) >= 11 is 0. The lowest BCUT2D eigenvalue weighted by molar-refractivity contribution is 0.418. The maximum atomic E-state index is 12.2. The van der Waals surface area contributed by atoms with E-state index in [0.717, 1.165) is 5.39 Å². The zero-order valence-corrected chi connectivity index (χ0v) is 11.0. The van der Waals surface area contributed by atoms with Crippen LogP contribution >= 0.6 is 0 Å².